The monoisotopic (exact) mass is 356 g/mol. The van der Waals surface area contributed by atoms with Crippen molar-refractivity contribution >= 4 is 17.5 Å². The number of benzene rings is 2. The lowest BCUT2D eigenvalue weighted by atomic mass is 10.0. The van der Waals surface area contributed by atoms with Crippen LogP contribution in [-0.4, -0.2) is 21.2 Å². The Morgan fingerprint density at radius 1 is 1.12 bits per heavy atom. The molecule has 0 aliphatic rings. The molecule has 3 aromatic rings. The molecule has 1 atom stereocenters. The van der Waals surface area contributed by atoms with Gasteiger partial charge in [0, 0.05) is 5.56 Å². The average Bonchev–Trinajstić information content (AvgIpc) is 3.05. The maximum Gasteiger partial charge on any atom is 0.277 e. The van der Waals surface area contributed by atoms with Crippen LogP contribution in [0.15, 0.2) is 52.1 Å². The van der Waals surface area contributed by atoms with Crippen molar-refractivity contribution in [3.8, 4) is 11.5 Å². The number of hydrogen-bond donors (Lipinski definition) is 0. The first kappa shape index (κ1) is 17.4. The van der Waals surface area contributed by atoms with Crippen LogP contribution in [0.1, 0.15) is 28.4 Å². The second-order valence-corrected chi connectivity index (χ2v) is 7.07. The largest absolute Gasteiger partial charge is 0.411 e. The molecule has 0 aliphatic heterocycles. The van der Waals surface area contributed by atoms with E-state index in [9.17, 15) is 9.18 Å². The van der Waals surface area contributed by atoms with Crippen LogP contribution in [0.4, 0.5) is 4.39 Å². The van der Waals surface area contributed by atoms with E-state index in [1.54, 1.807) is 25.1 Å². The summed E-state index contributed by atoms with van der Waals surface area (Å²) in [4.78, 5) is 12.6. The molecule has 2 aromatic carbocycles. The summed E-state index contributed by atoms with van der Waals surface area (Å²) in [6.07, 6.45) is 0. The Morgan fingerprint density at radius 3 is 2.60 bits per heavy atom. The molecule has 0 saturated heterocycles. The van der Waals surface area contributed by atoms with Crippen LogP contribution in [0.5, 0.6) is 0 Å². The minimum atomic E-state index is -0.429. The minimum Gasteiger partial charge on any atom is -0.411 e. The van der Waals surface area contributed by atoms with E-state index in [0.29, 0.717) is 5.56 Å². The molecule has 1 aromatic heterocycles. The predicted octanol–water partition coefficient (Wildman–Crippen LogP) is 4.86. The number of nitrogens with zero attached hydrogens (tertiary/aromatic N) is 2. The van der Waals surface area contributed by atoms with E-state index in [4.69, 9.17) is 4.42 Å². The van der Waals surface area contributed by atoms with E-state index >= 15 is 0 Å². The molecule has 25 heavy (non-hydrogen) atoms. The standard InChI is InChI=1S/C19H17FN2O2S/c1-11-8-9-14(10-12(11)2)17(23)13(3)25-19-22-21-18(24-19)15-6-4-5-7-16(15)20/h4-10,13H,1-3H3. The van der Waals surface area contributed by atoms with Crippen molar-refractivity contribution in [1.82, 2.24) is 10.2 Å². The quantitative estimate of drug-likeness (QED) is 0.483. The summed E-state index contributed by atoms with van der Waals surface area (Å²) < 4.78 is 19.3. The van der Waals surface area contributed by atoms with Crippen LogP contribution < -0.4 is 0 Å². The van der Waals surface area contributed by atoms with Crippen molar-refractivity contribution in [2.24, 2.45) is 0 Å². The third-order valence-corrected chi connectivity index (χ3v) is 4.88. The molecule has 6 heteroatoms. The molecule has 128 valence electrons. The third kappa shape index (κ3) is 3.79. The molecule has 0 bridgehead atoms. The number of thioether (sulfide) groups is 1. The zero-order chi connectivity index (χ0) is 18.0. The topological polar surface area (TPSA) is 56.0 Å². The summed E-state index contributed by atoms with van der Waals surface area (Å²) in [5, 5.41) is 7.62. The Hall–Kier alpha value is -2.47. The van der Waals surface area contributed by atoms with Crippen LogP contribution in [0.25, 0.3) is 11.5 Å². The Balaban J connectivity index is 1.75. The van der Waals surface area contributed by atoms with Gasteiger partial charge in [0.05, 0.1) is 10.8 Å². The fourth-order valence-corrected chi connectivity index (χ4v) is 3.10. The Kier molecular flexibility index (Phi) is 4.99. The number of carbonyl (C=O) groups excluding carboxylic acids is 1. The summed E-state index contributed by atoms with van der Waals surface area (Å²) in [7, 11) is 0. The van der Waals surface area contributed by atoms with E-state index in [1.165, 1.54) is 17.8 Å². The number of aryl methyl sites for hydroxylation is 2. The summed E-state index contributed by atoms with van der Waals surface area (Å²) in [5.74, 6) is -0.341. The highest BCUT2D eigenvalue weighted by Gasteiger charge is 2.21. The fraction of sp³-hybridized carbons (Fsp3) is 0.211. The molecule has 1 heterocycles. The zero-order valence-electron chi connectivity index (χ0n) is 14.1. The number of ketones is 1. The van der Waals surface area contributed by atoms with Gasteiger partial charge in [0.25, 0.3) is 11.1 Å². The van der Waals surface area contributed by atoms with Gasteiger partial charge in [-0.1, -0.05) is 36.0 Å². The minimum absolute atomic E-state index is 0.0151. The van der Waals surface area contributed by atoms with Crippen LogP contribution in [0.3, 0.4) is 0 Å². The number of Topliss-reactive ketones (excluding diaryl/α,β-unsaturated/α-hetero) is 1. The molecule has 4 nitrogen and oxygen atoms in total. The van der Waals surface area contributed by atoms with Gasteiger partial charge in [0.2, 0.25) is 0 Å². The first-order valence-corrected chi connectivity index (χ1v) is 8.70. The van der Waals surface area contributed by atoms with Gasteiger partial charge in [-0.2, -0.15) is 0 Å². The number of hydrogen-bond acceptors (Lipinski definition) is 5. The molecular formula is C19H17FN2O2S. The van der Waals surface area contributed by atoms with Crippen LogP contribution in [0.2, 0.25) is 0 Å². The number of rotatable bonds is 5. The average molecular weight is 356 g/mol. The molecular weight excluding hydrogens is 339 g/mol. The Morgan fingerprint density at radius 2 is 1.88 bits per heavy atom. The van der Waals surface area contributed by atoms with E-state index in [-0.39, 0.29) is 22.5 Å². The van der Waals surface area contributed by atoms with E-state index in [1.807, 2.05) is 32.0 Å². The molecule has 0 saturated carbocycles. The number of carbonyl (C=O) groups is 1. The Bertz CT molecular complexity index is 923. The van der Waals surface area contributed by atoms with Crippen molar-refractivity contribution in [3.05, 3.63) is 65.0 Å². The smallest absolute Gasteiger partial charge is 0.277 e. The van der Waals surface area contributed by atoms with Crippen LogP contribution in [0, 0.1) is 19.7 Å². The molecule has 0 N–H and O–H groups in total. The lowest BCUT2D eigenvalue weighted by Gasteiger charge is -2.09. The molecule has 1 unspecified atom stereocenters. The second kappa shape index (κ2) is 7.19. The lowest BCUT2D eigenvalue weighted by molar-refractivity contribution is 0.0993. The van der Waals surface area contributed by atoms with E-state index in [2.05, 4.69) is 10.2 Å². The highest BCUT2D eigenvalue weighted by atomic mass is 32.2. The molecule has 0 aliphatic carbocycles. The summed E-state index contributed by atoms with van der Waals surface area (Å²) in [6.45, 7) is 5.77. The van der Waals surface area contributed by atoms with Crippen molar-refractivity contribution < 1.29 is 13.6 Å². The lowest BCUT2D eigenvalue weighted by Crippen LogP contribution is -2.13. The van der Waals surface area contributed by atoms with Crippen molar-refractivity contribution in [2.75, 3.05) is 0 Å². The number of halogens is 1. The normalized spacial score (nSPS) is 12.2. The zero-order valence-corrected chi connectivity index (χ0v) is 14.9. The predicted molar refractivity (Wildman–Crippen MR) is 95.3 cm³/mol. The SMILES string of the molecule is Cc1ccc(C(=O)C(C)Sc2nnc(-c3ccccc3F)o2)cc1C. The Labute approximate surface area is 149 Å². The summed E-state index contributed by atoms with van der Waals surface area (Å²) in [6, 6.07) is 11.8. The molecule has 0 amide bonds. The molecule has 0 radical (unpaired) electrons. The number of aromatic nitrogens is 2. The van der Waals surface area contributed by atoms with Gasteiger partial charge in [0.15, 0.2) is 5.78 Å². The first-order valence-electron chi connectivity index (χ1n) is 7.82. The highest BCUT2D eigenvalue weighted by molar-refractivity contribution is 8.00. The van der Waals surface area contributed by atoms with Gasteiger partial charge in [-0.15, -0.1) is 10.2 Å². The molecule has 0 spiro atoms. The molecule has 0 fully saturated rings. The van der Waals surface area contributed by atoms with Crippen molar-refractivity contribution in [1.29, 1.82) is 0 Å². The maximum atomic E-state index is 13.8. The van der Waals surface area contributed by atoms with E-state index < -0.39 is 11.1 Å². The van der Waals surface area contributed by atoms with Crippen molar-refractivity contribution in [3.63, 3.8) is 0 Å². The van der Waals surface area contributed by atoms with Crippen molar-refractivity contribution in [2.45, 2.75) is 31.2 Å². The van der Waals surface area contributed by atoms with Gasteiger partial charge in [0.1, 0.15) is 5.82 Å². The van der Waals surface area contributed by atoms with Gasteiger partial charge in [-0.05, 0) is 50.1 Å². The second-order valence-electron chi connectivity index (χ2n) is 5.78. The third-order valence-electron chi connectivity index (χ3n) is 3.95. The van der Waals surface area contributed by atoms with E-state index in [0.717, 1.165) is 11.1 Å². The fourth-order valence-electron chi connectivity index (χ4n) is 2.34. The van der Waals surface area contributed by atoms with Gasteiger partial charge >= 0.3 is 0 Å². The maximum absolute atomic E-state index is 13.8. The molecule has 3 rings (SSSR count). The summed E-state index contributed by atoms with van der Waals surface area (Å²) in [5.41, 5.74) is 3.11. The van der Waals surface area contributed by atoms with Crippen LogP contribution in [-0.2, 0) is 0 Å². The van der Waals surface area contributed by atoms with Crippen LogP contribution >= 0.6 is 11.8 Å². The summed E-state index contributed by atoms with van der Waals surface area (Å²) >= 11 is 1.17. The first-order chi connectivity index (χ1) is 12.0. The highest BCUT2D eigenvalue weighted by Crippen LogP contribution is 2.29. The van der Waals surface area contributed by atoms with Gasteiger partial charge in [-0.25, -0.2) is 4.39 Å². The van der Waals surface area contributed by atoms with Gasteiger partial charge < -0.3 is 4.42 Å². The van der Waals surface area contributed by atoms with Gasteiger partial charge in [-0.3, -0.25) is 4.79 Å².